The first-order valence-electron chi connectivity index (χ1n) is 12.1. The Labute approximate surface area is 193 Å². The molecule has 2 aromatic heterocycles. The van der Waals surface area contributed by atoms with E-state index in [0.29, 0.717) is 11.6 Å². The van der Waals surface area contributed by atoms with E-state index in [1.807, 2.05) is 0 Å². The number of morpholine rings is 1. The van der Waals surface area contributed by atoms with Gasteiger partial charge in [0.2, 0.25) is 5.95 Å². The van der Waals surface area contributed by atoms with Gasteiger partial charge in [-0.1, -0.05) is 6.42 Å². The first-order valence-corrected chi connectivity index (χ1v) is 12.1. The SMILES string of the molecule is Cn1cc(C(F)F)c(CNc2nc(N3CC(CN4CCOCC4)C3)nc3c2CCCCC3)n1. The summed E-state index contributed by atoms with van der Waals surface area (Å²) in [5, 5.41) is 7.57. The molecule has 2 fully saturated rings. The molecule has 10 heteroatoms. The van der Waals surface area contributed by atoms with Gasteiger partial charge in [0, 0.05) is 57.4 Å². The zero-order valence-corrected chi connectivity index (χ0v) is 19.3. The van der Waals surface area contributed by atoms with Crippen LogP contribution in [0.1, 0.15) is 48.2 Å². The molecular weight excluding hydrogens is 428 g/mol. The van der Waals surface area contributed by atoms with Crippen LogP contribution in [-0.2, 0) is 31.2 Å². The third-order valence-electron chi connectivity index (χ3n) is 6.88. The van der Waals surface area contributed by atoms with Gasteiger partial charge >= 0.3 is 0 Å². The van der Waals surface area contributed by atoms with Gasteiger partial charge in [-0.05, 0) is 25.7 Å². The Kier molecular flexibility index (Phi) is 6.73. The van der Waals surface area contributed by atoms with Gasteiger partial charge in [-0.3, -0.25) is 9.58 Å². The summed E-state index contributed by atoms with van der Waals surface area (Å²) in [6.45, 7) is 6.87. The molecule has 1 N–H and O–H groups in total. The van der Waals surface area contributed by atoms with E-state index < -0.39 is 6.43 Å². The summed E-state index contributed by atoms with van der Waals surface area (Å²) in [4.78, 5) is 14.5. The minimum absolute atomic E-state index is 0.0286. The number of hydrogen-bond donors (Lipinski definition) is 1. The van der Waals surface area contributed by atoms with Crippen molar-refractivity contribution in [2.24, 2.45) is 13.0 Å². The number of fused-ring (bicyclic) bond motifs is 1. The second-order valence-corrected chi connectivity index (χ2v) is 9.40. The van der Waals surface area contributed by atoms with Crippen LogP contribution in [0.15, 0.2) is 6.20 Å². The lowest BCUT2D eigenvalue weighted by Gasteiger charge is -2.42. The van der Waals surface area contributed by atoms with E-state index in [9.17, 15) is 8.78 Å². The molecule has 0 unspecified atom stereocenters. The monoisotopic (exact) mass is 461 g/mol. The van der Waals surface area contributed by atoms with Gasteiger partial charge in [-0.25, -0.2) is 13.8 Å². The smallest absolute Gasteiger partial charge is 0.267 e. The molecular formula is C23H33F2N7O. The zero-order chi connectivity index (χ0) is 22.8. The van der Waals surface area contributed by atoms with Crippen molar-refractivity contribution < 1.29 is 13.5 Å². The molecule has 180 valence electrons. The summed E-state index contributed by atoms with van der Waals surface area (Å²) in [6.07, 6.45) is 4.10. The molecule has 4 heterocycles. The van der Waals surface area contributed by atoms with Crippen molar-refractivity contribution in [3.8, 4) is 0 Å². The zero-order valence-electron chi connectivity index (χ0n) is 19.3. The van der Waals surface area contributed by atoms with Crippen LogP contribution in [0, 0.1) is 5.92 Å². The summed E-state index contributed by atoms with van der Waals surface area (Å²) in [6, 6.07) is 0. The van der Waals surface area contributed by atoms with Crippen molar-refractivity contribution in [3.63, 3.8) is 0 Å². The lowest BCUT2D eigenvalue weighted by atomic mass is 9.99. The molecule has 0 bridgehead atoms. The highest BCUT2D eigenvalue weighted by atomic mass is 19.3. The Hall–Kier alpha value is -2.33. The predicted octanol–water partition coefficient (Wildman–Crippen LogP) is 2.80. The normalized spacial score (nSPS) is 19.9. The Morgan fingerprint density at radius 1 is 1.12 bits per heavy atom. The maximum absolute atomic E-state index is 13.4. The van der Waals surface area contributed by atoms with Gasteiger partial charge in [0.05, 0.1) is 36.7 Å². The standard InChI is InChI=1S/C23H33F2N7O/c1-30-15-18(21(24)25)20(29-30)11-26-22-17-5-3-2-4-6-19(17)27-23(28-22)32-13-16(14-32)12-31-7-9-33-10-8-31/h15-16,21H,2-14H2,1H3,(H,26,27,28). The lowest BCUT2D eigenvalue weighted by molar-refractivity contribution is 0.0285. The molecule has 0 atom stereocenters. The van der Waals surface area contributed by atoms with E-state index in [0.717, 1.165) is 94.6 Å². The Morgan fingerprint density at radius 2 is 1.91 bits per heavy atom. The summed E-state index contributed by atoms with van der Waals surface area (Å²) >= 11 is 0. The number of ether oxygens (including phenoxy) is 1. The molecule has 0 aromatic carbocycles. The van der Waals surface area contributed by atoms with Crippen LogP contribution in [0.3, 0.4) is 0 Å². The van der Waals surface area contributed by atoms with Gasteiger partial charge < -0.3 is 15.0 Å². The first-order chi connectivity index (χ1) is 16.1. The van der Waals surface area contributed by atoms with Crippen molar-refractivity contribution in [2.45, 2.75) is 45.1 Å². The quantitative estimate of drug-likeness (QED) is 0.636. The number of alkyl halides is 2. The number of anilines is 2. The molecule has 5 rings (SSSR count). The molecule has 0 radical (unpaired) electrons. The van der Waals surface area contributed by atoms with Crippen LogP contribution in [-0.4, -0.2) is 70.6 Å². The molecule has 2 saturated heterocycles. The minimum atomic E-state index is -2.54. The number of hydrogen-bond acceptors (Lipinski definition) is 7. The third kappa shape index (κ3) is 5.11. The number of nitrogens with one attached hydrogen (secondary N) is 1. The van der Waals surface area contributed by atoms with E-state index in [1.165, 1.54) is 17.3 Å². The number of nitrogens with zero attached hydrogens (tertiary/aromatic N) is 6. The number of halogens is 2. The van der Waals surface area contributed by atoms with Gasteiger partial charge in [0.25, 0.3) is 6.43 Å². The Morgan fingerprint density at radius 3 is 2.70 bits per heavy atom. The number of aryl methyl sites for hydroxylation is 2. The highest BCUT2D eigenvalue weighted by Gasteiger charge is 2.32. The average Bonchev–Trinajstić information content (AvgIpc) is 3.00. The summed E-state index contributed by atoms with van der Waals surface area (Å²) in [5.41, 5.74) is 2.58. The van der Waals surface area contributed by atoms with Crippen LogP contribution in [0.25, 0.3) is 0 Å². The highest BCUT2D eigenvalue weighted by Crippen LogP contribution is 2.31. The van der Waals surface area contributed by atoms with Crippen LogP contribution in [0.4, 0.5) is 20.5 Å². The van der Waals surface area contributed by atoms with Gasteiger partial charge in [0.15, 0.2) is 0 Å². The molecule has 2 aliphatic heterocycles. The third-order valence-corrected chi connectivity index (χ3v) is 6.88. The van der Waals surface area contributed by atoms with Gasteiger partial charge in [-0.15, -0.1) is 0 Å². The summed E-state index contributed by atoms with van der Waals surface area (Å²) in [7, 11) is 1.67. The van der Waals surface area contributed by atoms with E-state index in [2.05, 4.69) is 20.2 Å². The highest BCUT2D eigenvalue weighted by molar-refractivity contribution is 5.53. The molecule has 0 spiro atoms. The number of aromatic nitrogens is 4. The van der Waals surface area contributed by atoms with Gasteiger partial charge in [-0.2, -0.15) is 10.1 Å². The fraction of sp³-hybridized carbons (Fsp3) is 0.696. The van der Waals surface area contributed by atoms with Crippen LogP contribution in [0.5, 0.6) is 0 Å². The second-order valence-electron chi connectivity index (χ2n) is 9.40. The average molecular weight is 462 g/mol. The van der Waals surface area contributed by atoms with Crippen molar-refractivity contribution >= 4 is 11.8 Å². The summed E-state index contributed by atoms with van der Waals surface area (Å²) < 4.78 is 33.7. The predicted molar refractivity (Wildman–Crippen MR) is 122 cm³/mol. The van der Waals surface area contributed by atoms with Crippen molar-refractivity contribution in [1.29, 1.82) is 0 Å². The molecule has 33 heavy (non-hydrogen) atoms. The lowest BCUT2D eigenvalue weighted by Crippen LogP contribution is -2.53. The topological polar surface area (TPSA) is 71.3 Å². The van der Waals surface area contributed by atoms with Crippen molar-refractivity contribution in [3.05, 3.63) is 28.7 Å². The first kappa shape index (κ1) is 22.5. The molecule has 2 aromatic rings. The van der Waals surface area contributed by atoms with Crippen molar-refractivity contribution in [1.82, 2.24) is 24.6 Å². The van der Waals surface area contributed by atoms with Gasteiger partial charge in [0.1, 0.15) is 5.82 Å². The van der Waals surface area contributed by atoms with Crippen LogP contribution < -0.4 is 10.2 Å². The van der Waals surface area contributed by atoms with E-state index in [4.69, 9.17) is 14.7 Å². The Balaban J connectivity index is 1.30. The minimum Gasteiger partial charge on any atom is -0.379 e. The number of rotatable bonds is 7. The molecule has 0 saturated carbocycles. The second kappa shape index (κ2) is 9.89. The Bertz CT molecular complexity index is 955. The fourth-order valence-corrected chi connectivity index (χ4v) is 5.08. The molecule has 8 nitrogen and oxygen atoms in total. The van der Waals surface area contributed by atoms with E-state index in [1.54, 1.807) is 7.05 Å². The van der Waals surface area contributed by atoms with E-state index >= 15 is 0 Å². The van der Waals surface area contributed by atoms with Crippen LogP contribution in [0.2, 0.25) is 0 Å². The molecule has 1 aliphatic carbocycles. The van der Waals surface area contributed by atoms with Crippen LogP contribution >= 0.6 is 0 Å². The largest absolute Gasteiger partial charge is 0.379 e. The van der Waals surface area contributed by atoms with E-state index in [-0.39, 0.29) is 12.1 Å². The maximum Gasteiger partial charge on any atom is 0.267 e. The summed E-state index contributed by atoms with van der Waals surface area (Å²) in [5.74, 6) is 2.15. The maximum atomic E-state index is 13.4. The fourth-order valence-electron chi connectivity index (χ4n) is 5.08. The van der Waals surface area contributed by atoms with Crippen molar-refractivity contribution in [2.75, 3.05) is 56.2 Å². The molecule has 0 amide bonds. The molecule has 3 aliphatic rings.